The summed E-state index contributed by atoms with van der Waals surface area (Å²) < 4.78 is 19.4. The molecule has 0 saturated heterocycles. The molecule has 0 spiro atoms. The summed E-state index contributed by atoms with van der Waals surface area (Å²) in [4.78, 5) is 0. The summed E-state index contributed by atoms with van der Waals surface area (Å²) in [5, 5.41) is 3.23. The Balaban J connectivity index is 1.75. The van der Waals surface area contributed by atoms with Gasteiger partial charge in [-0.1, -0.05) is 24.3 Å². The van der Waals surface area contributed by atoms with E-state index in [0.717, 1.165) is 30.9 Å². The molecular weight excluding hydrogens is 253 g/mol. The van der Waals surface area contributed by atoms with Crippen LogP contribution in [0.5, 0.6) is 5.75 Å². The Kier molecular flexibility index (Phi) is 3.59. The predicted octanol–water partition coefficient (Wildman–Crippen LogP) is 4.11. The van der Waals surface area contributed by atoms with Crippen molar-refractivity contribution in [3.05, 3.63) is 59.4 Å². The number of nitrogens with one attached hydrogen (secondary N) is 1. The highest BCUT2D eigenvalue weighted by molar-refractivity contribution is 5.48. The fourth-order valence-electron chi connectivity index (χ4n) is 2.64. The van der Waals surface area contributed by atoms with Gasteiger partial charge in [0.25, 0.3) is 0 Å². The molecular formula is C17H18FNO. The summed E-state index contributed by atoms with van der Waals surface area (Å²) >= 11 is 0. The van der Waals surface area contributed by atoms with Gasteiger partial charge in [-0.2, -0.15) is 0 Å². The Morgan fingerprint density at radius 3 is 3.00 bits per heavy atom. The Hall–Kier alpha value is -2.03. The van der Waals surface area contributed by atoms with Crippen molar-refractivity contribution in [3.8, 4) is 5.75 Å². The van der Waals surface area contributed by atoms with Gasteiger partial charge in [-0.25, -0.2) is 4.39 Å². The van der Waals surface area contributed by atoms with Crippen LogP contribution in [-0.4, -0.2) is 13.2 Å². The predicted molar refractivity (Wildman–Crippen MR) is 78.9 cm³/mol. The molecule has 0 bridgehead atoms. The van der Waals surface area contributed by atoms with Crippen molar-refractivity contribution < 1.29 is 9.13 Å². The van der Waals surface area contributed by atoms with E-state index in [2.05, 4.69) is 11.4 Å². The van der Waals surface area contributed by atoms with Crippen molar-refractivity contribution in [2.45, 2.75) is 19.3 Å². The van der Waals surface area contributed by atoms with Gasteiger partial charge in [-0.15, -0.1) is 0 Å². The molecule has 2 aromatic carbocycles. The lowest BCUT2D eigenvalue weighted by Gasteiger charge is -2.26. The Morgan fingerprint density at radius 1 is 1.25 bits per heavy atom. The minimum atomic E-state index is -0.198. The number of ether oxygens (including phenoxy) is 1. The second-order valence-electron chi connectivity index (χ2n) is 5.24. The number of benzene rings is 2. The maximum atomic E-state index is 13.7. The molecule has 3 heteroatoms. The molecule has 0 saturated carbocycles. The van der Waals surface area contributed by atoms with E-state index in [1.807, 2.05) is 31.2 Å². The fraction of sp³-hybridized carbons (Fsp3) is 0.294. The van der Waals surface area contributed by atoms with Gasteiger partial charge in [-0.05, 0) is 42.7 Å². The summed E-state index contributed by atoms with van der Waals surface area (Å²) in [6.45, 7) is 3.41. The topological polar surface area (TPSA) is 21.3 Å². The molecule has 1 atom stereocenters. The lowest BCUT2D eigenvalue weighted by molar-refractivity contribution is 0.270. The first-order valence-electron chi connectivity index (χ1n) is 6.96. The first-order valence-corrected chi connectivity index (χ1v) is 6.96. The first-order chi connectivity index (χ1) is 9.74. The van der Waals surface area contributed by atoms with Crippen molar-refractivity contribution >= 4 is 5.69 Å². The van der Waals surface area contributed by atoms with Gasteiger partial charge in [0.15, 0.2) is 0 Å². The van der Waals surface area contributed by atoms with Crippen LogP contribution in [0.25, 0.3) is 0 Å². The minimum absolute atomic E-state index is 0.198. The van der Waals surface area contributed by atoms with Crippen LogP contribution in [0.15, 0.2) is 42.5 Å². The van der Waals surface area contributed by atoms with E-state index in [1.54, 1.807) is 6.07 Å². The van der Waals surface area contributed by atoms with Crippen LogP contribution in [0.1, 0.15) is 23.5 Å². The van der Waals surface area contributed by atoms with Gasteiger partial charge >= 0.3 is 0 Å². The van der Waals surface area contributed by atoms with E-state index < -0.39 is 0 Å². The van der Waals surface area contributed by atoms with Crippen LogP contribution in [0.2, 0.25) is 0 Å². The molecule has 0 amide bonds. The Labute approximate surface area is 118 Å². The fourth-order valence-corrected chi connectivity index (χ4v) is 2.64. The largest absolute Gasteiger partial charge is 0.493 e. The lowest BCUT2D eigenvalue weighted by Crippen LogP contribution is -2.21. The van der Waals surface area contributed by atoms with E-state index in [0.29, 0.717) is 11.6 Å². The SMILES string of the molecule is Cc1ccc(F)c(NCC2CCOc3ccccc32)c1. The van der Waals surface area contributed by atoms with Crippen molar-refractivity contribution in [1.82, 2.24) is 0 Å². The zero-order valence-corrected chi connectivity index (χ0v) is 11.5. The molecule has 0 aliphatic carbocycles. The molecule has 2 nitrogen and oxygen atoms in total. The average molecular weight is 271 g/mol. The molecule has 0 radical (unpaired) electrons. The Bertz CT molecular complexity index is 612. The molecule has 1 unspecified atom stereocenters. The van der Waals surface area contributed by atoms with Gasteiger partial charge in [-0.3, -0.25) is 0 Å². The van der Waals surface area contributed by atoms with Gasteiger partial charge in [0.05, 0.1) is 12.3 Å². The third kappa shape index (κ3) is 2.62. The molecule has 0 fully saturated rings. The van der Waals surface area contributed by atoms with Crippen LogP contribution in [-0.2, 0) is 0 Å². The second-order valence-corrected chi connectivity index (χ2v) is 5.24. The third-order valence-electron chi connectivity index (χ3n) is 3.74. The van der Waals surface area contributed by atoms with Crippen LogP contribution in [0.3, 0.4) is 0 Å². The van der Waals surface area contributed by atoms with Crippen LogP contribution in [0.4, 0.5) is 10.1 Å². The van der Waals surface area contributed by atoms with E-state index in [4.69, 9.17) is 4.74 Å². The van der Waals surface area contributed by atoms with Crippen LogP contribution >= 0.6 is 0 Å². The standard InChI is InChI=1S/C17H18FNO/c1-12-6-7-15(18)16(10-12)19-11-13-8-9-20-17-5-3-2-4-14(13)17/h2-7,10,13,19H,8-9,11H2,1H3. The number of rotatable bonds is 3. The number of aryl methyl sites for hydroxylation is 1. The second kappa shape index (κ2) is 5.53. The smallest absolute Gasteiger partial charge is 0.146 e. The normalized spacial score (nSPS) is 17.2. The quantitative estimate of drug-likeness (QED) is 0.907. The zero-order valence-electron chi connectivity index (χ0n) is 11.5. The van der Waals surface area contributed by atoms with Crippen molar-refractivity contribution in [1.29, 1.82) is 0 Å². The molecule has 3 rings (SSSR count). The highest BCUT2D eigenvalue weighted by atomic mass is 19.1. The summed E-state index contributed by atoms with van der Waals surface area (Å²) in [6, 6.07) is 13.2. The third-order valence-corrected chi connectivity index (χ3v) is 3.74. The summed E-state index contributed by atoms with van der Waals surface area (Å²) in [6.07, 6.45) is 0.956. The zero-order chi connectivity index (χ0) is 13.9. The maximum Gasteiger partial charge on any atom is 0.146 e. The van der Waals surface area contributed by atoms with E-state index in [9.17, 15) is 4.39 Å². The number of hydrogen-bond donors (Lipinski definition) is 1. The molecule has 1 N–H and O–H groups in total. The molecule has 20 heavy (non-hydrogen) atoms. The number of para-hydroxylation sites is 1. The van der Waals surface area contributed by atoms with Crippen molar-refractivity contribution in [2.24, 2.45) is 0 Å². The van der Waals surface area contributed by atoms with Gasteiger partial charge in [0.2, 0.25) is 0 Å². The van der Waals surface area contributed by atoms with Crippen molar-refractivity contribution in [2.75, 3.05) is 18.5 Å². The summed E-state index contributed by atoms with van der Waals surface area (Å²) in [5.41, 5.74) is 2.84. The molecule has 0 aromatic heterocycles. The van der Waals surface area contributed by atoms with E-state index in [1.165, 1.54) is 11.6 Å². The minimum Gasteiger partial charge on any atom is -0.493 e. The van der Waals surface area contributed by atoms with E-state index in [-0.39, 0.29) is 5.82 Å². The number of fused-ring (bicyclic) bond motifs is 1. The average Bonchev–Trinajstić information content (AvgIpc) is 2.48. The van der Waals surface area contributed by atoms with Gasteiger partial charge < -0.3 is 10.1 Å². The maximum absolute atomic E-state index is 13.7. The number of anilines is 1. The van der Waals surface area contributed by atoms with Gasteiger partial charge in [0, 0.05) is 12.5 Å². The summed E-state index contributed by atoms with van der Waals surface area (Å²) in [7, 11) is 0. The molecule has 104 valence electrons. The van der Waals surface area contributed by atoms with Crippen LogP contribution in [0, 0.1) is 12.7 Å². The highest BCUT2D eigenvalue weighted by Crippen LogP contribution is 2.33. The molecule has 1 heterocycles. The monoisotopic (exact) mass is 271 g/mol. The number of hydrogen-bond acceptors (Lipinski definition) is 2. The molecule has 1 aliphatic rings. The van der Waals surface area contributed by atoms with Crippen LogP contribution < -0.4 is 10.1 Å². The first kappa shape index (κ1) is 13.0. The van der Waals surface area contributed by atoms with Gasteiger partial charge in [0.1, 0.15) is 11.6 Å². The molecule has 1 aliphatic heterocycles. The highest BCUT2D eigenvalue weighted by Gasteiger charge is 2.20. The molecule has 2 aromatic rings. The Morgan fingerprint density at radius 2 is 2.10 bits per heavy atom. The van der Waals surface area contributed by atoms with E-state index >= 15 is 0 Å². The van der Waals surface area contributed by atoms with Crippen molar-refractivity contribution in [3.63, 3.8) is 0 Å². The number of halogens is 1. The summed E-state index contributed by atoms with van der Waals surface area (Å²) in [5.74, 6) is 1.12. The lowest BCUT2D eigenvalue weighted by atomic mass is 9.93.